The van der Waals surface area contributed by atoms with Crippen molar-refractivity contribution in [2.24, 2.45) is 4.40 Å². The number of hydrogen-bond acceptors (Lipinski definition) is 6. The van der Waals surface area contributed by atoms with Gasteiger partial charge in [0.15, 0.2) is 0 Å². The minimum atomic E-state index is -3.91. The average Bonchev–Trinajstić information content (AvgIpc) is 2.64. The summed E-state index contributed by atoms with van der Waals surface area (Å²) in [6.07, 6.45) is 0.793. The van der Waals surface area contributed by atoms with E-state index in [1.807, 2.05) is 6.92 Å². The van der Waals surface area contributed by atoms with Crippen molar-refractivity contribution in [1.29, 1.82) is 0 Å². The molecular formula is C18H18N4O5S. The van der Waals surface area contributed by atoms with Crippen LogP contribution < -0.4 is 10.2 Å². The molecule has 0 bridgehead atoms. The number of amidine groups is 1. The lowest BCUT2D eigenvalue weighted by molar-refractivity contribution is -0.384. The topological polar surface area (TPSA) is 122 Å². The highest BCUT2D eigenvalue weighted by Gasteiger charge is 2.29. The van der Waals surface area contributed by atoms with Crippen LogP contribution in [-0.4, -0.2) is 31.6 Å². The van der Waals surface area contributed by atoms with Crippen LogP contribution in [0.2, 0.25) is 0 Å². The molecule has 1 N–H and O–H groups in total. The van der Waals surface area contributed by atoms with Crippen molar-refractivity contribution in [2.45, 2.75) is 25.2 Å². The standard InChI is InChI=1S/C18H18N4O5S/c1-3-9-21-12(2)20-28(26,27)17-10-13(7-8-16(17)21)18(23)19-14-5-4-6-15(11-14)22(24)25/h4-8,10-11H,3,9H2,1-2H3,(H,19,23). The molecule has 1 heterocycles. The number of non-ortho nitro benzene ring substituents is 1. The second kappa shape index (κ2) is 7.39. The van der Waals surface area contributed by atoms with Crippen molar-refractivity contribution in [3.8, 4) is 0 Å². The number of carbonyl (C=O) groups excluding carboxylic acids is 1. The molecule has 2 aromatic carbocycles. The number of nitrogens with zero attached hydrogens (tertiary/aromatic N) is 3. The van der Waals surface area contributed by atoms with Gasteiger partial charge >= 0.3 is 0 Å². The lowest BCUT2D eigenvalue weighted by atomic mass is 10.1. The SMILES string of the molecule is CCCN1C(C)=NS(=O)(=O)c2cc(C(=O)Nc3cccc([N+](=O)[O-])c3)ccc21. The highest BCUT2D eigenvalue weighted by atomic mass is 32.2. The van der Waals surface area contributed by atoms with Crippen molar-refractivity contribution in [2.75, 3.05) is 16.8 Å². The molecule has 9 nitrogen and oxygen atoms in total. The monoisotopic (exact) mass is 402 g/mol. The highest BCUT2D eigenvalue weighted by Crippen LogP contribution is 2.33. The fourth-order valence-corrected chi connectivity index (χ4v) is 4.20. The Kier molecular flexibility index (Phi) is 5.14. The zero-order chi connectivity index (χ0) is 20.5. The smallest absolute Gasteiger partial charge is 0.286 e. The van der Waals surface area contributed by atoms with Crippen LogP contribution in [0.5, 0.6) is 0 Å². The first-order valence-corrected chi connectivity index (χ1v) is 9.96. The summed E-state index contributed by atoms with van der Waals surface area (Å²) in [5.74, 6) is -0.199. The zero-order valence-corrected chi connectivity index (χ0v) is 16.1. The van der Waals surface area contributed by atoms with Gasteiger partial charge in [0.25, 0.3) is 21.6 Å². The fraction of sp³-hybridized carbons (Fsp3) is 0.222. The van der Waals surface area contributed by atoms with Gasteiger partial charge in [0.2, 0.25) is 0 Å². The van der Waals surface area contributed by atoms with Gasteiger partial charge in [0.05, 0.1) is 10.6 Å². The van der Waals surface area contributed by atoms with Crippen LogP contribution in [0, 0.1) is 10.1 Å². The Balaban J connectivity index is 1.95. The predicted octanol–water partition coefficient (Wildman–Crippen LogP) is 3.18. The van der Waals surface area contributed by atoms with E-state index in [9.17, 15) is 23.3 Å². The summed E-state index contributed by atoms with van der Waals surface area (Å²) >= 11 is 0. The molecule has 10 heteroatoms. The third-order valence-electron chi connectivity index (χ3n) is 4.20. The van der Waals surface area contributed by atoms with Crippen molar-refractivity contribution in [3.05, 3.63) is 58.1 Å². The van der Waals surface area contributed by atoms with E-state index >= 15 is 0 Å². The molecule has 0 saturated carbocycles. The number of amides is 1. The second-order valence-corrected chi connectivity index (χ2v) is 7.78. The molecule has 0 unspecified atom stereocenters. The molecular weight excluding hydrogens is 384 g/mol. The molecule has 0 fully saturated rings. The summed E-state index contributed by atoms with van der Waals surface area (Å²) < 4.78 is 28.7. The Morgan fingerprint density at radius 1 is 1.25 bits per heavy atom. The van der Waals surface area contributed by atoms with Crippen molar-refractivity contribution in [1.82, 2.24) is 0 Å². The Labute approximate surface area is 161 Å². The molecule has 0 aromatic heterocycles. The molecule has 0 aliphatic carbocycles. The maximum atomic E-state index is 12.5. The number of fused-ring (bicyclic) bond motifs is 1. The number of nitrogens with one attached hydrogen (secondary N) is 1. The Morgan fingerprint density at radius 3 is 2.68 bits per heavy atom. The van der Waals surface area contributed by atoms with Gasteiger partial charge in [-0.25, -0.2) is 0 Å². The van der Waals surface area contributed by atoms with E-state index in [0.29, 0.717) is 18.1 Å². The molecule has 3 rings (SSSR count). The van der Waals surface area contributed by atoms with Gasteiger partial charge in [-0.3, -0.25) is 14.9 Å². The number of hydrogen-bond donors (Lipinski definition) is 1. The predicted molar refractivity (Wildman–Crippen MR) is 105 cm³/mol. The minimum absolute atomic E-state index is 0.0433. The molecule has 1 aliphatic heterocycles. The molecule has 146 valence electrons. The summed E-state index contributed by atoms with van der Waals surface area (Å²) in [7, 11) is -3.91. The minimum Gasteiger partial charge on any atom is -0.328 e. The van der Waals surface area contributed by atoms with Crippen LogP contribution in [-0.2, 0) is 10.0 Å². The first kappa shape index (κ1) is 19.5. The number of anilines is 2. The van der Waals surface area contributed by atoms with E-state index in [1.165, 1.54) is 36.4 Å². The van der Waals surface area contributed by atoms with Gasteiger partial charge in [0, 0.05) is 29.9 Å². The number of nitro groups is 1. The molecule has 0 saturated heterocycles. The molecule has 2 aromatic rings. The third-order valence-corrected chi connectivity index (χ3v) is 5.58. The van der Waals surface area contributed by atoms with E-state index in [1.54, 1.807) is 17.9 Å². The van der Waals surface area contributed by atoms with Crippen LogP contribution in [0.1, 0.15) is 30.6 Å². The Hall–Kier alpha value is -3.27. The normalized spacial score (nSPS) is 14.8. The molecule has 0 radical (unpaired) electrons. The molecule has 0 atom stereocenters. The molecule has 1 amide bonds. The van der Waals surface area contributed by atoms with Crippen LogP contribution in [0.4, 0.5) is 17.1 Å². The number of sulfonamides is 1. The van der Waals surface area contributed by atoms with Crippen LogP contribution >= 0.6 is 0 Å². The first-order chi connectivity index (χ1) is 13.2. The van der Waals surface area contributed by atoms with E-state index < -0.39 is 20.9 Å². The van der Waals surface area contributed by atoms with Crippen molar-refractivity contribution < 1.29 is 18.1 Å². The van der Waals surface area contributed by atoms with Gasteiger partial charge in [0.1, 0.15) is 10.7 Å². The van der Waals surface area contributed by atoms with E-state index in [4.69, 9.17) is 0 Å². The van der Waals surface area contributed by atoms with E-state index in [-0.39, 0.29) is 21.8 Å². The van der Waals surface area contributed by atoms with Gasteiger partial charge < -0.3 is 10.2 Å². The molecule has 0 spiro atoms. The number of nitro benzene ring substituents is 1. The highest BCUT2D eigenvalue weighted by molar-refractivity contribution is 7.90. The van der Waals surface area contributed by atoms with E-state index in [2.05, 4.69) is 9.71 Å². The fourth-order valence-electron chi connectivity index (χ4n) is 2.94. The van der Waals surface area contributed by atoms with Crippen molar-refractivity contribution >= 4 is 38.8 Å². The lowest BCUT2D eigenvalue weighted by Crippen LogP contribution is -2.34. The summed E-state index contributed by atoms with van der Waals surface area (Å²) in [6.45, 7) is 4.19. The largest absolute Gasteiger partial charge is 0.328 e. The zero-order valence-electron chi connectivity index (χ0n) is 15.2. The first-order valence-electron chi connectivity index (χ1n) is 8.52. The Bertz CT molecular complexity index is 1090. The summed E-state index contributed by atoms with van der Waals surface area (Å²) in [5.41, 5.74) is 0.661. The van der Waals surface area contributed by atoms with Crippen LogP contribution in [0.25, 0.3) is 0 Å². The summed E-state index contributed by atoms with van der Waals surface area (Å²) in [6, 6.07) is 9.86. The maximum absolute atomic E-state index is 12.5. The average molecular weight is 402 g/mol. The number of benzene rings is 2. The quantitative estimate of drug-likeness (QED) is 0.605. The van der Waals surface area contributed by atoms with Crippen molar-refractivity contribution in [3.63, 3.8) is 0 Å². The summed E-state index contributed by atoms with van der Waals surface area (Å²) in [5, 5.41) is 13.4. The molecule has 1 aliphatic rings. The maximum Gasteiger partial charge on any atom is 0.286 e. The molecule has 28 heavy (non-hydrogen) atoms. The number of carbonyl (C=O) groups is 1. The van der Waals surface area contributed by atoms with Gasteiger partial charge in [-0.05, 0) is 37.6 Å². The van der Waals surface area contributed by atoms with Crippen LogP contribution in [0.3, 0.4) is 0 Å². The van der Waals surface area contributed by atoms with E-state index in [0.717, 1.165) is 6.42 Å². The van der Waals surface area contributed by atoms with Crippen LogP contribution in [0.15, 0.2) is 51.8 Å². The Morgan fingerprint density at radius 2 is 2.00 bits per heavy atom. The van der Waals surface area contributed by atoms with Gasteiger partial charge in [-0.2, -0.15) is 8.42 Å². The summed E-state index contributed by atoms with van der Waals surface area (Å²) in [4.78, 5) is 24.6. The second-order valence-electron chi connectivity index (χ2n) is 6.21. The number of rotatable bonds is 5. The lowest BCUT2D eigenvalue weighted by Gasteiger charge is -2.29. The third kappa shape index (κ3) is 3.72. The van der Waals surface area contributed by atoms with Gasteiger partial charge in [-0.1, -0.05) is 13.0 Å². The van der Waals surface area contributed by atoms with Gasteiger partial charge in [-0.15, -0.1) is 4.40 Å².